The topological polar surface area (TPSA) is 34.1 Å². The third kappa shape index (κ3) is 3.62. The molecule has 0 fully saturated rings. The average Bonchev–Trinajstić information content (AvgIpc) is 2.41. The monoisotopic (exact) mass is 278 g/mol. The van der Waals surface area contributed by atoms with Crippen molar-refractivity contribution in [3.05, 3.63) is 66.2 Å². The van der Waals surface area contributed by atoms with Gasteiger partial charge in [0.25, 0.3) is 0 Å². The zero-order valence-corrected chi connectivity index (χ0v) is 11.5. The van der Waals surface area contributed by atoms with E-state index in [0.717, 1.165) is 5.56 Å². The molecule has 4 heteroatoms. The Bertz CT molecular complexity index is 578. The standard InChI is InChI=1S/C14H14O2S2/c15-18(16,14-9-5-2-6-10-14)12-17-11-13-7-3-1-4-8-13/h1-10H,11-12H2. The number of hydrogen-bond donors (Lipinski definition) is 0. The molecule has 0 bridgehead atoms. The molecule has 18 heavy (non-hydrogen) atoms. The van der Waals surface area contributed by atoms with Gasteiger partial charge in [0.2, 0.25) is 0 Å². The van der Waals surface area contributed by atoms with Gasteiger partial charge in [0.05, 0.1) is 4.90 Å². The van der Waals surface area contributed by atoms with Crippen LogP contribution in [0.4, 0.5) is 0 Å². The molecule has 0 aliphatic carbocycles. The first-order valence-corrected chi connectivity index (χ1v) is 8.39. The Morgan fingerprint density at radius 1 is 0.833 bits per heavy atom. The van der Waals surface area contributed by atoms with Gasteiger partial charge >= 0.3 is 0 Å². The highest BCUT2D eigenvalue weighted by Crippen LogP contribution is 2.19. The summed E-state index contributed by atoms with van der Waals surface area (Å²) in [6.45, 7) is 0. The van der Waals surface area contributed by atoms with Crippen LogP contribution in [0.5, 0.6) is 0 Å². The zero-order chi connectivity index (χ0) is 12.8. The Balaban J connectivity index is 1.95. The van der Waals surface area contributed by atoms with Crippen molar-refractivity contribution >= 4 is 21.6 Å². The molecule has 0 aliphatic heterocycles. The first kappa shape index (κ1) is 13.2. The SMILES string of the molecule is O=S(=O)(CSCc1ccccc1)c1ccccc1. The second kappa shape index (κ2) is 6.07. The van der Waals surface area contributed by atoms with Crippen LogP contribution in [0.3, 0.4) is 0 Å². The molecule has 0 unspecified atom stereocenters. The molecular weight excluding hydrogens is 264 g/mol. The van der Waals surface area contributed by atoms with E-state index in [1.807, 2.05) is 36.4 Å². The van der Waals surface area contributed by atoms with Crippen LogP contribution in [0.25, 0.3) is 0 Å². The van der Waals surface area contributed by atoms with Crippen LogP contribution >= 0.6 is 11.8 Å². The normalized spacial score (nSPS) is 11.3. The van der Waals surface area contributed by atoms with Crippen molar-refractivity contribution in [2.75, 3.05) is 5.08 Å². The van der Waals surface area contributed by atoms with Crippen molar-refractivity contribution in [3.63, 3.8) is 0 Å². The van der Waals surface area contributed by atoms with Crippen LogP contribution in [0, 0.1) is 0 Å². The number of hydrogen-bond acceptors (Lipinski definition) is 3. The van der Waals surface area contributed by atoms with Gasteiger partial charge in [-0.3, -0.25) is 0 Å². The molecule has 0 aliphatic rings. The highest BCUT2D eigenvalue weighted by Gasteiger charge is 2.13. The van der Waals surface area contributed by atoms with Crippen molar-refractivity contribution in [3.8, 4) is 0 Å². The summed E-state index contributed by atoms with van der Waals surface area (Å²) in [7, 11) is -3.17. The lowest BCUT2D eigenvalue weighted by Gasteiger charge is -2.04. The van der Waals surface area contributed by atoms with Gasteiger partial charge in [-0.15, -0.1) is 11.8 Å². The van der Waals surface area contributed by atoms with Crippen LogP contribution in [-0.4, -0.2) is 13.5 Å². The average molecular weight is 278 g/mol. The Morgan fingerprint density at radius 2 is 1.39 bits per heavy atom. The van der Waals surface area contributed by atoms with Crippen LogP contribution in [-0.2, 0) is 15.6 Å². The second-order valence-electron chi connectivity index (χ2n) is 3.88. The van der Waals surface area contributed by atoms with Gasteiger partial charge in [0.1, 0.15) is 5.08 Å². The third-order valence-corrected chi connectivity index (χ3v) is 5.89. The van der Waals surface area contributed by atoms with Gasteiger partial charge in [-0.2, -0.15) is 0 Å². The minimum Gasteiger partial charge on any atom is -0.223 e. The second-order valence-corrected chi connectivity index (χ2v) is 7.22. The Labute approximate surface area is 112 Å². The molecule has 0 saturated heterocycles. The van der Waals surface area contributed by atoms with E-state index >= 15 is 0 Å². The van der Waals surface area contributed by atoms with Gasteiger partial charge < -0.3 is 0 Å². The maximum atomic E-state index is 12.0. The third-order valence-electron chi connectivity index (χ3n) is 2.45. The molecule has 0 radical (unpaired) electrons. The van der Waals surface area contributed by atoms with Crippen molar-refractivity contribution in [2.45, 2.75) is 10.6 Å². The number of sulfone groups is 1. The summed E-state index contributed by atoms with van der Waals surface area (Å²) < 4.78 is 24.0. The van der Waals surface area contributed by atoms with Crippen LogP contribution in [0.15, 0.2) is 65.6 Å². The highest BCUT2D eigenvalue weighted by molar-refractivity contribution is 8.12. The van der Waals surface area contributed by atoms with Crippen LogP contribution in [0.1, 0.15) is 5.56 Å². The first-order valence-electron chi connectivity index (χ1n) is 5.58. The van der Waals surface area contributed by atoms with Gasteiger partial charge in [-0.25, -0.2) is 8.42 Å². The molecule has 0 spiro atoms. The summed E-state index contributed by atoms with van der Waals surface area (Å²) in [5.74, 6) is 0.715. The molecule has 0 aromatic heterocycles. The predicted molar refractivity (Wildman–Crippen MR) is 76.2 cm³/mol. The molecule has 0 N–H and O–H groups in total. The summed E-state index contributed by atoms with van der Waals surface area (Å²) >= 11 is 1.42. The quantitative estimate of drug-likeness (QED) is 0.841. The molecular formula is C14H14O2S2. The summed E-state index contributed by atoms with van der Waals surface area (Å²) in [5, 5.41) is 0.117. The van der Waals surface area contributed by atoms with E-state index in [0.29, 0.717) is 10.6 Å². The summed E-state index contributed by atoms with van der Waals surface area (Å²) in [6, 6.07) is 18.5. The zero-order valence-electron chi connectivity index (χ0n) is 9.82. The molecule has 0 atom stereocenters. The summed E-state index contributed by atoms with van der Waals surface area (Å²) in [6.07, 6.45) is 0. The molecule has 2 aromatic rings. The van der Waals surface area contributed by atoms with Gasteiger partial charge in [-0.05, 0) is 17.7 Å². The fraction of sp³-hybridized carbons (Fsp3) is 0.143. The maximum absolute atomic E-state index is 12.0. The molecule has 0 saturated carbocycles. The molecule has 0 heterocycles. The Morgan fingerprint density at radius 3 is 2.00 bits per heavy atom. The van der Waals surface area contributed by atoms with Crippen molar-refractivity contribution in [1.29, 1.82) is 0 Å². The Hall–Kier alpha value is -1.26. The van der Waals surface area contributed by atoms with E-state index in [1.165, 1.54) is 11.8 Å². The minimum absolute atomic E-state index is 0.117. The van der Waals surface area contributed by atoms with Gasteiger partial charge in [0.15, 0.2) is 9.84 Å². The fourth-order valence-electron chi connectivity index (χ4n) is 1.54. The Kier molecular flexibility index (Phi) is 4.44. The fourth-order valence-corrected chi connectivity index (χ4v) is 4.29. The largest absolute Gasteiger partial charge is 0.223 e. The molecule has 0 amide bonds. The molecule has 94 valence electrons. The smallest absolute Gasteiger partial charge is 0.187 e. The van der Waals surface area contributed by atoms with Crippen molar-refractivity contribution in [1.82, 2.24) is 0 Å². The van der Waals surface area contributed by atoms with E-state index in [4.69, 9.17) is 0 Å². The molecule has 2 aromatic carbocycles. The maximum Gasteiger partial charge on any atom is 0.187 e. The lowest BCUT2D eigenvalue weighted by molar-refractivity contribution is 0.601. The van der Waals surface area contributed by atoms with Gasteiger partial charge in [0, 0.05) is 5.75 Å². The predicted octanol–water partition coefficient (Wildman–Crippen LogP) is 3.35. The van der Waals surface area contributed by atoms with Crippen molar-refractivity contribution in [2.24, 2.45) is 0 Å². The number of rotatable bonds is 5. The van der Waals surface area contributed by atoms with E-state index in [9.17, 15) is 8.42 Å². The van der Waals surface area contributed by atoms with E-state index in [-0.39, 0.29) is 5.08 Å². The summed E-state index contributed by atoms with van der Waals surface area (Å²) in [5.41, 5.74) is 1.14. The first-order chi connectivity index (χ1) is 8.68. The van der Waals surface area contributed by atoms with E-state index in [1.54, 1.807) is 24.3 Å². The molecule has 2 nitrogen and oxygen atoms in total. The van der Waals surface area contributed by atoms with E-state index in [2.05, 4.69) is 0 Å². The lowest BCUT2D eigenvalue weighted by atomic mass is 10.2. The minimum atomic E-state index is -3.17. The summed E-state index contributed by atoms with van der Waals surface area (Å²) in [4.78, 5) is 0.394. The van der Waals surface area contributed by atoms with E-state index < -0.39 is 9.84 Å². The van der Waals surface area contributed by atoms with Gasteiger partial charge in [-0.1, -0.05) is 48.5 Å². The van der Waals surface area contributed by atoms with Crippen molar-refractivity contribution < 1.29 is 8.42 Å². The number of thioether (sulfide) groups is 1. The lowest BCUT2D eigenvalue weighted by Crippen LogP contribution is -2.03. The number of benzene rings is 2. The highest BCUT2D eigenvalue weighted by atomic mass is 32.3. The van der Waals surface area contributed by atoms with Crippen LogP contribution in [0.2, 0.25) is 0 Å². The molecule has 2 rings (SSSR count). The van der Waals surface area contributed by atoms with Crippen LogP contribution < -0.4 is 0 Å².